The topological polar surface area (TPSA) is 132 Å². The van der Waals surface area contributed by atoms with Crippen molar-refractivity contribution in [1.82, 2.24) is 20.3 Å². The van der Waals surface area contributed by atoms with Gasteiger partial charge in [-0.2, -0.15) is 13.2 Å². The SMILES string of the molecule is Cc1cnc(NC(CO)c2ccccc2)nc1-c1c[nH]c(OC(=O)NC(CO)c2cccc(C(F)(F)F)c2)c1. The van der Waals surface area contributed by atoms with Crippen LogP contribution in [0.25, 0.3) is 11.3 Å². The molecule has 2 unspecified atom stereocenters. The zero-order valence-electron chi connectivity index (χ0n) is 20.7. The van der Waals surface area contributed by atoms with Gasteiger partial charge >= 0.3 is 12.3 Å². The van der Waals surface area contributed by atoms with Crippen molar-refractivity contribution in [3.8, 4) is 17.1 Å². The van der Waals surface area contributed by atoms with Gasteiger partial charge in [0.15, 0.2) is 0 Å². The minimum atomic E-state index is -4.56. The van der Waals surface area contributed by atoms with Gasteiger partial charge in [-0.1, -0.05) is 42.5 Å². The fourth-order valence-electron chi connectivity index (χ4n) is 3.89. The number of benzene rings is 2. The van der Waals surface area contributed by atoms with Crippen molar-refractivity contribution in [1.29, 1.82) is 0 Å². The lowest BCUT2D eigenvalue weighted by Gasteiger charge is -2.17. The third kappa shape index (κ3) is 6.92. The number of aromatic amines is 1. The summed E-state index contributed by atoms with van der Waals surface area (Å²) in [4.78, 5) is 24.1. The van der Waals surface area contributed by atoms with Gasteiger partial charge in [-0.3, -0.25) is 0 Å². The normalized spacial score (nSPS) is 13.0. The molecule has 204 valence electrons. The van der Waals surface area contributed by atoms with Crippen LogP contribution in [0, 0.1) is 6.92 Å². The number of aliphatic hydroxyl groups excluding tert-OH is 2. The number of H-pyrrole nitrogens is 1. The van der Waals surface area contributed by atoms with Crippen LogP contribution >= 0.6 is 0 Å². The van der Waals surface area contributed by atoms with Gasteiger partial charge in [0.1, 0.15) is 0 Å². The maximum atomic E-state index is 13.0. The number of aryl methyl sites for hydroxylation is 1. The Kier molecular flexibility index (Phi) is 8.47. The van der Waals surface area contributed by atoms with E-state index >= 15 is 0 Å². The van der Waals surface area contributed by atoms with E-state index in [1.807, 2.05) is 30.3 Å². The number of hydrogen-bond acceptors (Lipinski definition) is 7. The number of carbonyl (C=O) groups excluding carboxylic acids is 1. The van der Waals surface area contributed by atoms with E-state index in [1.165, 1.54) is 18.2 Å². The fourth-order valence-corrected chi connectivity index (χ4v) is 3.89. The third-order valence-electron chi connectivity index (χ3n) is 5.88. The molecule has 0 bridgehead atoms. The number of rotatable bonds is 9. The molecule has 0 radical (unpaired) electrons. The number of hydrogen-bond donors (Lipinski definition) is 5. The van der Waals surface area contributed by atoms with Gasteiger partial charge in [0.25, 0.3) is 0 Å². The van der Waals surface area contributed by atoms with E-state index < -0.39 is 36.5 Å². The molecule has 0 spiro atoms. The highest BCUT2D eigenvalue weighted by Gasteiger charge is 2.31. The van der Waals surface area contributed by atoms with Gasteiger partial charge in [0.05, 0.1) is 36.6 Å². The number of nitrogens with zero attached hydrogens (tertiary/aromatic N) is 2. The summed E-state index contributed by atoms with van der Waals surface area (Å²) < 4.78 is 44.4. The second kappa shape index (κ2) is 12.0. The van der Waals surface area contributed by atoms with E-state index in [1.54, 1.807) is 19.3 Å². The largest absolute Gasteiger partial charge is 0.416 e. The highest BCUT2D eigenvalue weighted by Crippen LogP contribution is 2.31. The molecule has 0 fully saturated rings. The van der Waals surface area contributed by atoms with Crippen molar-refractivity contribution in [2.75, 3.05) is 18.5 Å². The summed E-state index contributed by atoms with van der Waals surface area (Å²) in [6.07, 6.45) is -2.36. The molecular weight excluding hydrogens is 515 g/mol. The van der Waals surface area contributed by atoms with Gasteiger partial charge < -0.3 is 30.6 Å². The second-order valence-corrected chi connectivity index (χ2v) is 8.66. The van der Waals surface area contributed by atoms with Crippen LogP contribution in [0.15, 0.2) is 73.1 Å². The maximum absolute atomic E-state index is 13.0. The molecule has 39 heavy (non-hydrogen) atoms. The van der Waals surface area contributed by atoms with Gasteiger partial charge in [-0.25, -0.2) is 14.8 Å². The summed E-state index contributed by atoms with van der Waals surface area (Å²) >= 11 is 0. The molecule has 4 aromatic rings. The quantitative estimate of drug-likeness (QED) is 0.206. The molecular formula is C27H26F3N5O4. The molecule has 0 aliphatic rings. The summed E-state index contributed by atoms with van der Waals surface area (Å²) in [5.41, 5.74) is 1.90. The lowest BCUT2D eigenvalue weighted by Crippen LogP contribution is -2.33. The molecule has 0 saturated heterocycles. The Balaban J connectivity index is 1.45. The first kappa shape index (κ1) is 27.6. The number of halogens is 3. The number of aromatic nitrogens is 3. The summed E-state index contributed by atoms with van der Waals surface area (Å²) in [5.74, 6) is 0.333. The fraction of sp³-hybridized carbons (Fsp3) is 0.222. The number of nitrogens with one attached hydrogen (secondary N) is 3. The molecule has 2 atom stereocenters. The molecule has 0 aliphatic heterocycles. The van der Waals surface area contributed by atoms with Gasteiger partial charge in [-0.05, 0) is 35.7 Å². The second-order valence-electron chi connectivity index (χ2n) is 8.66. The third-order valence-corrected chi connectivity index (χ3v) is 5.88. The first-order chi connectivity index (χ1) is 18.7. The lowest BCUT2D eigenvalue weighted by atomic mass is 10.0. The number of ether oxygens (including phenoxy) is 1. The molecule has 2 aromatic heterocycles. The van der Waals surface area contributed by atoms with Crippen LogP contribution in [-0.2, 0) is 6.18 Å². The highest BCUT2D eigenvalue weighted by atomic mass is 19.4. The molecule has 1 amide bonds. The Morgan fingerprint density at radius 3 is 2.44 bits per heavy atom. The average Bonchev–Trinajstić information content (AvgIpc) is 3.39. The smallest absolute Gasteiger partial charge is 0.394 e. The highest BCUT2D eigenvalue weighted by molar-refractivity contribution is 5.72. The molecule has 9 nitrogen and oxygen atoms in total. The summed E-state index contributed by atoms with van der Waals surface area (Å²) in [6, 6.07) is 13.7. The van der Waals surface area contributed by atoms with Crippen molar-refractivity contribution in [2.24, 2.45) is 0 Å². The maximum Gasteiger partial charge on any atom is 0.416 e. The number of carbonyl (C=O) groups is 1. The van der Waals surface area contributed by atoms with Crippen LogP contribution in [0.2, 0.25) is 0 Å². The Morgan fingerprint density at radius 2 is 1.74 bits per heavy atom. The zero-order chi connectivity index (χ0) is 28.0. The lowest BCUT2D eigenvalue weighted by molar-refractivity contribution is -0.137. The van der Waals surface area contributed by atoms with E-state index in [4.69, 9.17) is 4.74 Å². The first-order valence-corrected chi connectivity index (χ1v) is 11.9. The summed E-state index contributed by atoms with van der Waals surface area (Å²) in [7, 11) is 0. The molecule has 2 heterocycles. The van der Waals surface area contributed by atoms with Crippen molar-refractivity contribution < 1.29 is 32.9 Å². The van der Waals surface area contributed by atoms with Gasteiger partial charge in [-0.15, -0.1) is 0 Å². The van der Waals surface area contributed by atoms with Crippen LogP contribution in [0.4, 0.5) is 23.9 Å². The zero-order valence-corrected chi connectivity index (χ0v) is 20.7. The average molecular weight is 542 g/mol. The summed E-state index contributed by atoms with van der Waals surface area (Å²) in [5, 5.41) is 25.0. The van der Waals surface area contributed by atoms with Gasteiger partial charge in [0.2, 0.25) is 11.8 Å². The molecule has 5 N–H and O–H groups in total. The van der Waals surface area contributed by atoms with Crippen molar-refractivity contribution in [2.45, 2.75) is 25.2 Å². The predicted octanol–water partition coefficient (Wildman–Crippen LogP) is 4.77. The minimum Gasteiger partial charge on any atom is -0.394 e. The molecule has 0 aliphatic carbocycles. The van der Waals surface area contributed by atoms with Crippen molar-refractivity contribution in [3.63, 3.8) is 0 Å². The molecule has 4 rings (SSSR count). The summed E-state index contributed by atoms with van der Waals surface area (Å²) in [6.45, 7) is 0.990. The Hall–Kier alpha value is -4.42. The van der Waals surface area contributed by atoms with E-state index in [9.17, 15) is 28.2 Å². The van der Waals surface area contributed by atoms with Crippen molar-refractivity contribution >= 4 is 12.0 Å². The predicted molar refractivity (Wildman–Crippen MR) is 137 cm³/mol. The van der Waals surface area contributed by atoms with Crippen LogP contribution in [0.3, 0.4) is 0 Å². The molecule has 0 saturated carbocycles. The number of anilines is 1. The van der Waals surface area contributed by atoms with Crippen LogP contribution < -0.4 is 15.4 Å². The van der Waals surface area contributed by atoms with E-state index in [0.29, 0.717) is 11.3 Å². The Morgan fingerprint density at radius 1 is 1.03 bits per heavy atom. The van der Waals surface area contributed by atoms with Crippen molar-refractivity contribution in [3.05, 3.63) is 95.3 Å². The van der Waals surface area contributed by atoms with E-state index in [2.05, 4.69) is 25.6 Å². The number of alkyl halides is 3. The van der Waals surface area contributed by atoms with Gasteiger partial charge in [0, 0.05) is 24.0 Å². The van der Waals surface area contributed by atoms with Crippen LogP contribution in [0.5, 0.6) is 5.88 Å². The van der Waals surface area contributed by atoms with E-state index in [-0.39, 0.29) is 24.0 Å². The van der Waals surface area contributed by atoms with E-state index in [0.717, 1.165) is 23.3 Å². The van der Waals surface area contributed by atoms with Crippen LogP contribution in [0.1, 0.15) is 34.3 Å². The molecule has 12 heteroatoms. The minimum absolute atomic E-state index is 0.0493. The first-order valence-electron chi connectivity index (χ1n) is 11.9. The van der Waals surface area contributed by atoms with Crippen LogP contribution in [-0.4, -0.2) is 44.5 Å². The number of amides is 1. The molecule has 2 aromatic carbocycles. The standard InChI is InChI=1S/C27H26F3N5O4/c1-16-12-32-25(33-21(14-36)17-6-3-2-4-7-17)35-24(16)19-11-23(31-13-19)39-26(38)34-22(15-37)18-8-5-9-20(10-18)27(28,29)30/h2-13,21-22,31,36-37H,14-15H2,1H3,(H,34,38)(H,32,33,35). The number of aliphatic hydroxyl groups is 2. The Bertz CT molecular complexity index is 1410. The monoisotopic (exact) mass is 541 g/mol. The Labute approximate surface area is 221 Å².